The standard InChI is InChI=1S/C28H31F4N5O5/c1-16-4-6-19(7-5-16)26(38)37(17(2)15-41-3)24-21(27(39)40)11-20(12-23(24)29)42-25-22(28(30,31)32)10-18(13-33-25)14-36-34-8-9-35-36/h8-13,16-17,19H,4-7,14-15H2,1-3H3,(H,39,40)/t16-,17-,19-/m0/s1. The number of benzene rings is 1. The molecule has 0 spiro atoms. The molecule has 226 valence electrons. The largest absolute Gasteiger partial charge is 0.478 e. The first-order valence-electron chi connectivity index (χ1n) is 13.4. The summed E-state index contributed by atoms with van der Waals surface area (Å²) in [7, 11) is 1.40. The van der Waals surface area contributed by atoms with E-state index in [0.29, 0.717) is 18.8 Å². The van der Waals surface area contributed by atoms with E-state index >= 15 is 4.39 Å². The number of ether oxygens (including phenoxy) is 2. The van der Waals surface area contributed by atoms with E-state index in [-0.39, 0.29) is 18.7 Å². The average Bonchev–Trinajstić information content (AvgIpc) is 3.43. The molecule has 0 saturated heterocycles. The van der Waals surface area contributed by atoms with Gasteiger partial charge in [0.05, 0.1) is 42.8 Å². The molecule has 1 aliphatic carbocycles. The van der Waals surface area contributed by atoms with Gasteiger partial charge in [0.2, 0.25) is 11.8 Å². The normalized spacial score (nSPS) is 18.0. The Morgan fingerprint density at radius 3 is 2.40 bits per heavy atom. The van der Waals surface area contributed by atoms with Gasteiger partial charge in [-0.3, -0.25) is 4.79 Å². The van der Waals surface area contributed by atoms with Crippen LogP contribution in [0.2, 0.25) is 0 Å². The Morgan fingerprint density at radius 1 is 1.14 bits per heavy atom. The van der Waals surface area contributed by atoms with Gasteiger partial charge in [-0.05, 0) is 56.2 Å². The molecule has 1 saturated carbocycles. The van der Waals surface area contributed by atoms with Gasteiger partial charge < -0.3 is 19.5 Å². The third-order valence-electron chi connectivity index (χ3n) is 7.18. The summed E-state index contributed by atoms with van der Waals surface area (Å²) in [5.74, 6) is -4.63. The van der Waals surface area contributed by atoms with Crippen LogP contribution in [0, 0.1) is 17.7 Å². The number of pyridine rings is 1. The van der Waals surface area contributed by atoms with E-state index in [4.69, 9.17) is 9.47 Å². The number of halogens is 4. The molecule has 2 aromatic heterocycles. The molecule has 1 amide bonds. The number of carbonyl (C=O) groups is 2. The predicted octanol–water partition coefficient (Wildman–Crippen LogP) is 5.56. The van der Waals surface area contributed by atoms with Crippen molar-refractivity contribution in [3.05, 3.63) is 59.3 Å². The highest BCUT2D eigenvalue weighted by Crippen LogP contribution is 2.40. The smallest absolute Gasteiger partial charge is 0.421 e. The molecule has 0 radical (unpaired) electrons. The molecule has 0 aliphatic heterocycles. The molecule has 3 aromatic rings. The number of nitrogens with zero attached hydrogens (tertiary/aromatic N) is 5. The highest BCUT2D eigenvalue weighted by Gasteiger charge is 2.38. The number of aromatic carboxylic acids is 1. The van der Waals surface area contributed by atoms with Crippen molar-refractivity contribution in [3.63, 3.8) is 0 Å². The van der Waals surface area contributed by atoms with E-state index in [2.05, 4.69) is 22.1 Å². The molecule has 0 unspecified atom stereocenters. The molecular weight excluding hydrogens is 562 g/mol. The number of carboxylic acids is 1. The molecule has 1 aliphatic rings. The zero-order valence-electron chi connectivity index (χ0n) is 23.3. The maximum atomic E-state index is 15.8. The predicted molar refractivity (Wildman–Crippen MR) is 142 cm³/mol. The zero-order valence-corrected chi connectivity index (χ0v) is 23.3. The summed E-state index contributed by atoms with van der Waals surface area (Å²) in [4.78, 5) is 32.0. The first kappa shape index (κ1) is 30.9. The monoisotopic (exact) mass is 593 g/mol. The first-order valence-corrected chi connectivity index (χ1v) is 13.4. The second kappa shape index (κ2) is 12.8. The maximum absolute atomic E-state index is 15.8. The van der Waals surface area contributed by atoms with Crippen LogP contribution < -0.4 is 9.64 Å². The third kappa shape index (κ3) is 7.04. The number of methoxy groups -OCH3 is 1. The fraction of sp³-hybridized carbons (Fsp3) is 0.464. The number of amides is 1. The van der Waals surface area contributed by atoms with Gasteiger partial charge in [-0.1, -0.05) is 6.92 Å². The van der Waals surface area contributed by atoms with Crippen LogP contribution in [0.25, 0.3) is 0 Å². The number of carbonyl (C=O) groups excluding carboxylic acids is 1. The van der Waals surface area contributed by atoms with Crippen molar-refractivity contribution >= 4 is 17.6 Å². The minimum absolute atomic E-state index is 0.00905. The number of hydrogen-bond donors (Lipinski definition) is 1. The molecule has 1 fully saturated rings. The SMILES string of the molecule is COC[C@H](C)N(c1c(F)cc(Oc2ncc(Cn3nccn3)cc2C(F)(F)F)cc1C(=O)O)C(=O)[C@H]1CC[C@H](C)CC1. The van der Waals surface area contributed by atoms with E-state index < -0.39 is 64.3 Å². The second-order valence-corrected chi connectivity index (χ2v) is 10.4. The average molecular weight is 594 g/mol. The van der Waals surface area contributed by atoms with Crippen LogP contribution >= 0.6 is 0 Å². The van der Waals surface area contributed by atoms with Crippen LogP contribution in [-0.2, 0) is 22.3 Å². The number of carboxylic acid groups (broad SMARTS) is 1. The molecule has 42 heavy (non-hydrogen) atoms. The van der Waals surface area contributed by atoms with Crippen LogP contribution in [0.15, 0.2) is 36.8 Å². The van der Waals surface area contributed by atoms with Crippen LogP contribution in [0.3, 0.4) is 0 Å². The Morgan fingerprint density at radius 2 is 1.81 bits per heavy atom. The van der Waals surface area contributed by atoms with Crippen LogP contribution in [0.5, 0.6) is 11.6 Å². The minimum atomic E-state index is -4.90. The van der Waals surface area contributed by atoms with Crippen molar-refractivity contribution in [2.24, 2.45) is 11.8 Å². The summed E-state index contributed by atoms with van der Waals surface area (Å²) in [5.41, 5.74) is -2.29. The summed E-state index contributed by atoms with van der Waals surface area (Å²) >= 11 is 0. The quantitative estimate of drug-likeness (QED) is 0.303. The highest BCUT2D eigenvalue weighted by atomic mass is 19.4. The van der Waals surface area contributed by atoms with Gasteiger partial charge in [0.15, 0.2) is 5.82 Å². The van der Waals surface area contributed by atoms with Gasteiger partial charge in [-0.15, -0.1) is 0 Å². The lowest BCUT2D eigenvalue weighted by Crippen LogP contribution is -2.46. The molecule has 14 heteroatoms. The number of aromatic nitrogens is 4. The van der Waals surface area contributed by atoms with Gasteiger partial charge in [0, 0.05) is 25.3 Å². The Bertz CT molecular complexity index is 1410. The zero-order chi connectivity index (χ0) is 30.6. The van der Waals surface area contributed by atoms with Gasteiger partial charge in [-0.25, -0.2) is 14.2 Å². The van der Waals surface area contributed by atoms with E-state index in [1.54, 1.807) is 6.92 Å². The third-order valence-corrected chi connectivity index (χ3v) is 7.18. The molecular formula is C28H31F4N5O5. The number of hydrogen-bond acceptors (Lipinski definition) is 7. The Balaban J connectivity index is 1.72. The lowest BCUT2D eigenvalue weighted by Gasteiger charge is -2.35. The summed E-state index contributed by atoms with van der Waals surface area (Å²) in [6.07, 6.45) is 1.70. The summed E-state index contributed by atoms with van der Waals surface area (Å²) < 4.78 is 68.1. The fourth-order valence-corrected chi connectivity index (χ4v) is 5.07. The van der Waals surface area contributed by atoms with Gasteiger partial charge in [-0.2, -0.15) is 28.2 Å². The second-order valence-electron chi connectivity index (χ2n) is 10.4. The van der Waals surface area contributed by atoms with Crippen LogP contribution in [-0.4, -0.2) is 56.7 Å². The Kier molecular flexibility index (Phi) is 9.44. The van der Waals surface area contributed by atoms with Gasteiger partial charge in [0.1, 0.15) is 11.3 Å². The van der Waals surface area contributed by atoms with Crippen molar-refractivity contribution < 1.29 is 41.7 Å². The van der Waals surface area contributed by atoms with Crippen molar-refractivity contribution in [1.29, 1.82) is 0 Å². The van der Waals surface area contributed by atoms with Crippen LogP contribution in [0.4, 0.5) is 23.2 Å². The van der Waals surface area contributed by atoms with Crippen molar-refractivity contribution in [1.82, 2.24) is 20.0 Å². The molecule has 1 N–H and O–H groups in total. The Labute approximate surface area is 239 Å². The van der Waals surface area contributed by atoms with Crippen LogP contribution in [0.1, 0.15) is 61.0 Å². The summed E-state index contributed by atoms with van der Waals surface area (Å²) in [6, 6.07) is 1.68. The molecule has 4 rings (SSSR count). The topological polar surface area (TPSA) is 120 Å². The van der Waals surface area contributed by atoms with Crippen molar-refractivity contribution in [3.8, 4) is 11.6 Å². The van der Waals surface area contributed by atoms with Gasteiger partial charge >= 0.3 is 12.1 Å². The molecule has 1 atom stereocenters. The summed E-state index contributed by atoms with van der Waals surface area (Å²) in [5, 5.41) is 17.7. The Hall–Kier alpha value is -4.07. The van der Waals surface area contributed by atoms with Gasteiger partial charge in [0.25, 0.3) is 0 Å². The van der Waals surface area contributed by atoms with E-state index in [1.165, 1.54) is 19.5 Å². The van der Waals surface area contributed by atoms with Crippen molar-refractivity contribution in [2.45, 2.75) is 58.3 Å². The molecule has 0 bridgehead atoms. The van der Waals surface area contributed by atoms with E-state index in [9.17, 15) is 27.9 Å². The number of anilines is 1. The first-order chi connectivity index (χ1) is 19.9. The molecule has 1 aromatic carbocycles. The minimum Gasteiger partial charge on any atom is -0.478 e. The number of alkyl halides is 3. The fourth-order valence-electron chi connectivity index (χ4n) is 5.07. The molecule has 2 heterocycles. The summed E-state index contributed by atoms with van der Waals surface area (Å²) in [6.45, 7) is 3.57. The highest BCUT2D eigenvalue weighted by molar-refractivity contribution is 6.03. The number of rotatable bonds is 10. The maximum Gasteiger partial charge on any atom is 0.421 e. The van der Waals surface area contributed by atoms with Crippen molar-refractivity contribution in [2.75, 3.05) is 18.6 Å². The lowest BCUT2D eigenvalue weighted by atomic mass is 9.82. The lowest BCUT2D eigenvalue weighted by molar-refractivity contribution is -0.139. The van der Waals surface area contributed by atoms with E-state index in [0.717, 1.165) is 46.9 Å². The molecule has 10 nitrogen and oxygen atoms in total. The van der Waals surface area contributed by atoms with E-state index in [1.807, 2.05) is 0 Å².